The highest BCUT2D eigenvalue weighted by molar-refractivity contribution is 5.94. The van der Waals surface area contributed by atoms with Gasteiger partial charge in [-0.25, -0.2) is 9.97 Å². The molecule has 0 spiro atoms. The lowest BCUT2D eigenvalue weighted by Crippen LogP contribution is -2.40. The van der Waals surface area contributed by atoms with Crippen LogP contribution in [0.15, 0.2) is 61.7 Å². The van der Waals surface area contributed by atoms with Crippen molar-refractivity contribution in [2.24, 2.45) is 0 Å². The molecule has 1 atom stereocenters. The molecule has 1 aliphatic heterocycles. The molecule has 0 unspecified atom stereocenters. The van der Waals surface area contributed by atoms with E-state index in [4.69, 9.17) is 0 Å². The van der Waals surface area contributed by atoms with E-state index in [0.717, 1.165) is 37.2 Å². The Kier molecular flexibility index (Phi) is 3.86. The van der Waals surface area contributed by atoms with Crippen molar-refractivity contribution in [1.29, 1.82) is 0 Å². The van der Waals surface area contributed by atoms with E-state index in [2.05, 4.69) is 14.5 Å². The topological polar surface area (TPSA) is 56.0 Å². The van der Waals surface area contributed by atoms with Crippen molar-refractivity contribution >= 4 is 5.91 Å². The van der Waals surface area contributed by atoms with E-state index in [9.17, 15) is 4.79 Å². The zero-order valence-corrected chi connectivity index (χ0v) is 13.3. The summed E-state index contributed by atoms with van der Waals surface area (Å²) in [6, 6.07) is 7.99. The first-order valence-electron chi connectivity index (χ1n) is 8.16. The molecule has 1 fully saturated rings. The minimum absolute atomic E-state index is 0.0944. The van der Waals surface area contributed by atoms with Crippen LogP contribution < -0.4 is 0 Å². The first-order chi connectivity index (χ1) is 11.8. The number of carbonyl (C=O) groups is 1. The number of rotatable bonds is 3. The molecular formula is C18H19N5O. The molecule has 3 aromatic rings. The van der Waals surface area contributed by atoms with Crippen molar-refractivity contribution in [3.63, 3.8) is 0 Å². The molecule has 0 radical (unpaired) electrons. The zero-order chi connectivity index (χ0) is 16.4. The van der Waals surface area contributed by atoms with Gasteiger partial charge in [0.1, 0.15) is 0 Å². The Morgan fingerprint density at radius 1 is 1.04 bits per heavy atom. The number of piperidine rings is 1. The predicted octanol–water partition coefficient (Wildman–Crippen LogP) is 2.55. The van der Waals surface area contributed by atoms with Crippen LogP contribution in [0.4, 0.5) is 0 Å². The number of aromatic nitrogens is 4. The summed E-state index contributed by atoms with van der Waals surface area (Å²) >= 11 is 0. The molecule has 1 amide bonds. The molecule has 6 nitrogen and oxygen atoms in total. The summed E-state index contributed by atoms with van der Waals surface area (Å²) in [6.45, 7) is 1.55. The van der Waals surface area contributed by atoms with Crippen molar-refractivity contribution < 1.29 is 4.79 Å². The Morgan fingerprint density at radius 3 is 2.54 bits per heavy atom. The maximum Gasteiger partial charge on any atom is 0.253 e. The first-order valence-corrected chi connectivity index (χ1v) is 8.16. The minimum atomic E-state index is 0.0944. The highest BCUT2D eigenvalue weighted by Crippen LogP contribution is 2.23. The Bertz CT molecular complexity index is 793. The smallest absolute Gasteiger partial charge is 0.253 e. The van der Waals surface area contributed by atoms with Crippen LogP contribution in [0.3, 0.4) is 0 Å². The number of hydrogen-bond acceptors (Lipinski definition) is 3. The standard InChI is InChI=1S/C18H19N5O/c24-18(15-3-5-16(6-4-15)22-10-7-19-13-22)21-9-1-2-17(12-21)23-11-8-20-14-23/h3-8,10-11,13-14,17H,1-2,9,12H2/t17-/m1/s1. The third-order valence-corrected chi connectivity index (χ3v) is 4.55. The second-order valence-electron chi connectivity index (χ2n) is 6.07. The lowest BCUT2D eigenvalue weighted by atomic mass is 10.0. The van der Waals surface area contributed by atoms with Crippen LogP contribution in [0.2, 0.25) is 0 Å². The normalized spacial score (nSPS) is 17.8. The number of carbonyl (C=O) groups excluding carboxylic acids is 1. The molecule has 6 heteroatoms. The number of imidazole rings is 2. The summed E-state index contributed by atoms with van der Waals surface area (Å²) in [4.78, 5) is 22.9. The van der Waals surface area contributed by atoms with Gasteiger partial charge in [-0.15, -0.1) is 0 Å². The van der Waals surface area contributed by atoms with Crippen molar-refractivity contribution in [3.8, 4) is 5.69 Å². The largest absolute Gasteiger partial charge is 0.337 e. The molecule has 122 valence electrons. The lowest BCUT2D eigenvalue weighted by Gasteiger charge is -2.33. The van der Waals surface area contributed by atoms with Crippen LogP contribution in [-0.2, 0) is 0 Å². The SMILES string of the molecule is O=C(c1ccc(-n2ccnc2)cc1)N1CCC[C@@H](n2ccnc2)C1. The summed E-state index contributed by atoms with van der Waals surface area (Å²) in [7, 11) is 0. The maximum atomic E-state index is 12.8. The average molecular weight is 321 g/mol. The number of nitrogens with zero attached hydrogens (tertiary/aromatic N) is 5. The zero-order valence-electron chi connectivity index (χ0n) is 13.3. The Hall–Kier alpha value is -2.89. The van der Waals surface area contributed by atoms with Gasteiger partial charge in [-0.05, 0) is 37.1 Å². The van der Waals surface area contributed by atoms with E-state index in [0.29, 0.717) is 6.04 Å². The molecule has 0 bridgehead atoms. The van der Waals surface area contributed by atoms with Gasteiger partial charge in [0.05, 0.1) is 18.7 Å². The van der Waals surface area contributed by atoms with Gasteiger partial charge in [-0.1, -0.05) is 0 Å². The molecule has 1 aromatic carbocycles. The Balaban J connectivity index is 1.49. The Morgan fingerprint density at radius 2 is 1.83 bits per heavy atom. The van der Waals surface area contributed by atoms with Crippen LogP contribution >= 0.6 is 0 Å². The molecule has 0 aliphatic carbocycles. The van der Waals surface area contributed by atoms with Crippen LogP contribution in [-0.4, -0.2) is 43.0 Å². The van der Waals surface area contributed by atoms with Crippen LogP contribution in [0.1, 0.15) is 29.2 Å². The van der Waals surface area contributed by atoms with Gasteiger partial charge in [0.15, 0.2) is 0 Å². The molecule has 1 aliphatic rings. The van der Waals surface area contributed by atoms with Crippen LogP contribution in [0.25, 0.3) is 5.69 Å². The second kappa shape index (κ2) is 6.31. The highest BCUT2D eigenvalue weighted by Gasteiger charge is 2.25. The number of amides is 1. The third-order valence-electron chi connectivity index (χ3n) is 4.55. The van der Waals surface area contributed by atoms with E-state index >= 15 is 0 Å². The van der Waals surface area contributed by atoms with Gasteiger partial charge in [-0.3, -0.25) is 4.79 Å². The van der Waals surface area contributed by atoms with E-state index in [1.165, 1.54) is 0 Å². The monoisotopic (exact) mass is 321 g/mol. The molecule has 24 heavy (non-hydrogen) atoms. The fourth-order valence-corrected chi connectivity index (χ4v) is 3.24. The van der Waals surface area contributed by atoms with E-state index in [1.54, 1.807) is 18.7 Å². The molecular weight excluding hydrogens is 302 g/mol. The second-order valence-corrected chi connectivity index (χ2v) is 6.07. The first kappa shape index (κ1) is 14.7. The van der Waals surface area contributed by atoms with Crippen molar-refractivity contribution in [1.82, 2.24) is 24.0 Å². The molecule has 0 saturated carbocycles. The third kappa shape index (κ3) is 2.82. The maximum absolute atomic E-state index is 12.8. The molecule has 3 heterocycles. The van der Waals surface area contributed by atoms with Crippen LogP contribution in [0, 0.1) is 0 Å². The molecule has 1 saturated heterocycles. The van der Waals surface area contributed by atoms with Crippen molar-refractivity contribution in [2.75, 3.05) is 13.1 Å². The molecule has 0 N–H and O–H groups in total. The van der Waals surface area contributed by atoms with Gasteiger partial charge in [0.2, 0.25) is 0 Å². The van der Waals surface area contributed by atoms with Gasteiger partial charge in [0.25, 0.3) is 5.91 Å². The minimum Gasteiger partial charge on any atom is -0.337 e. The predicted molar refractivity (Wildman–Crippen MR) is 90.0 cm³/mol. The van der Waals surface area contributed by atoms with Crippen molar-refractivity contribution in [2.45, 2.75) is 18.9 Å². The molecule has 2 aromatic heterocycles. The summed E-state index contributed by atoms with van der Waals surface area (Å²) in [5, 5.41) is 0. The summed E-state index contributed by atoms with van der Waals surface area (Å²) in [5.41, 5.74) is 1.73. The average Bonchev–Trinajstić information content (AvgIpc) is 3.35. The van der Waals surface area contributed by atoms with Crippen LogP contribution in [0.5, 0.6) is 0 Å². The summed E-state index contributed by atoms with van der Waals surface area (Å²) < 4.78 is 4.02. The summed E-state index contributed by atoms with van der Waals surface area (Å²) in [6.07, 6.45) is 13.1. The van der Waals surface area contributed by atoms with E-state index in [-0.39, 0.29) is 5.91 Å². The Labute approximate surface area is 140 Å². The lowest BCUT2D eigenvalue weighted by molar-refractivity contribution is 0.0679. The van der Waals surface area contributed by atoms with E-state index < -0.39 is 0 Å². The van der Waals surface area contributed by atoms with Gasteiger partial charge in [0, 0.05) is 49.1 Å². The number of likely N-dealkylation sites (tertiary alicyclic amines) is 1. The molecule has 4 rings (SSSR count). The van der Waals surface area contributed by atoms with Gasteiger partial charge < -0.3 is 14.0 Å². The number of benzene rings is 1. The van der Waals surface area contributed by atoms with Gasteiger partial charge >= 0.3 is 0 Å². The fourth-order valence-electron chi connectivity index (χ4n) is 3.24. The highest BCUT2D eigenvalue weighted by atomic mass is 16.2. The quantitative estimate of drug-likeness (QED) is 0.745. The van der Waals surface area contributed by atoms with Crippen molar-refractivity contribution in [3.05, 3.63) is 67.3 Å². The summed E-state index contributed by atoms with van der Waals surface area (Å²) in [5.74, 6) is 0.0944. The number of hydrogen-bond donors (Lipinski definition) is 0. The fraction of sp³-hybridized carbons (Fsp3) is 0.278. The van der Waals surface area contributed by atoms with Gasteiger partial charge in [-0.2, -0.15) is 0 Å². The van der Waals surface area contributed by atoms with E-state index in [1.807, 2.05) is 52.5 Å².